The van der Waals surface area contributed by atoms with Crippen LogP contribution in [0.3, 0.4) is 0 Å². The summed E-state index contributed by atoms with van der Waals surface area (Å²) in [6.07, 6.45) is -1.27. The van der Waals surface area contributed by atoms with Crippen LogP contribution in [-0.4, -0.2) is 66.5 Å². The van der Waals surface area contributed by atoms with Crippen LogP contribution < -0.4 is 10.2 Å². The Balaban J connectivity index is 1.95. The first-order valence-electron chi connectivity index (χ1n) is 10.6. The van der Waals surface area contributed by atoms with Crippen molar-refractivity contribution in [1.29, 1.82) is 0 Å². The maximum absolute atomic E-state index is 13.5. The molecule has 2 aromatic carbocycles. The molecule has 2 aromatic rings. The minimum Gasteiger partial charge on any atom is -0.354 e. The van der Waals surface area contributed by atoms with E-state index in [2.05, 4.69) is 5.32 Å². The number of amides is 4. The zero-order valence-corrected chi connectivity index (χ0v) is 20.4. The first-order chi connectivity index (χ1) is 17.1. The van der Waals surface area contributed by atoms with E-state index in [0.29, 0.717) is 5.69 Å². The van der Waals surface area contributed by atoms with Gasteiger partial charge in [0.1, 0.15) is 11.1 Å². The largest absolute Gasteiger partial charge is 0.354 e. The molecular formula is C23H23ClN4O8. The van der Waals surface area contributed by atoms with Gasteiger partial charge in [0, 0.05) is 38.5 Å². The summed E-state index contributed by atoms with van der Waals surface area (Å²) < 4.78 is 10.4. The number of nitro groups is 1. The summed E-state index contributed by atoms with van der Waals surface area (Å²) in [5, 5.41) is 13.7. The summed E-state index contributed by atoms with van der Waals surface area (Å²) >= 11 is 5.86. The molecule has 0 spiro atoms. The fourth-order valence-electron chi connectivity index (χ4n) is 3.74. The van der Waals surface area contributed by atoms with Crippen molar-refractivity contribution in [2.45, 2.75) is 25.7 Å². The molecule has 12 nitrogen and oxygen atoms in total. The number of methoxy groups -OCH3 is 2. The van der Waals surface area contributed by atoms with Crippen LogP contribution in [0.25, 0.3) is 0 Å². The Morgan fingerprint density at radius 2 is 1.83 bits per heavy atom. The predicted molar refractivity (Wildman–Crippen MR) is 129 cm³/mol. The van der Waals surface area contributed by atoms with Crippen molar-refractivity contribution >= 4 is 52.3 Å². The quantitative estimate of drug-likeness (QED) is 0.230. The molecule has 3 rings (SSSR count). The number of imide groups is 1. The van der Waals surface area contributed by atoms with E-state index in [4.69, 9.17) is 21.1 Å². The lowest BCUT2D eigenvalue weighted by molar-refractivity contribution is -0.384. The summed E-state index contributed by atoms with van der Waals surface area (Å²) in [7, 11) is 2.68. The van der Waals surface area contributed by atoms with E-state index in [0.717, 1.165) is 15.9 Å². The molecule has 36 heavy (non-hydrogen) atoms. The number of nitrogens with zero attached hydrogens (tertiary/aromatic N) is 3. The van der Waals surface area contributed by atoms with E-state index in [-0.39, 0.29) is 35.1 Å². The van der Waals surface area contributed by atoms with Gasteiger partial charge in [-0.25, -0.2) is 4.90 Å². The summed E-state index contributed by atoms with van der Waals surface area (Å²) in [5.41, 5.74) is 0.153. The fourth-order valence-corrected chi connectivity index (χ4v) is 3.92. The Morgan fingerprint density at radius 1 is 1.19 bits per heavy atom. The highest BCUT2D eigenvalue weighted by Crippen LogP contribution is 2.30. The summed E-state index contributed by atoms with van der Waals surface area (Å²) in [4.78, 5) is 63.5. The van der Waals surface area contributed by atoms with Gasteiger partial charge in [-0.05, 0) is 36.4 Å². The van der Waals surface area contributed by atoms with Crippen molar-refractivity contribution in [3.8, 4) is 0 Å². The number of hydrogen-bond acceptors (Lipinski definition) is 8. The zero-order valence-electron chi connectivity index (χ0n) is 19.6. The Morgan fingerprint density at radius 3 is 2.39 bits per heavy atom. The summed E-state index contributed by atoms with van der Waals surface area (Å²) in [5.74, 6) is -2.25. The van der Waals surface area contributed by atoms with Gasteiger partial charge in [-0.15, -0.1) is 0 Å². The number of ether oxygens (including phenoxy) is 2. The number of rotatable bonds is 9. The minimum atomic E-state index is -1.22. The number of carbonyl (C=O) groups is 4. The van der Waals surface area contributed by atoms with Crippen LogP contribution in [0, 0.1) is 10.1 Å². The molecule has 13 heteroatoms. The van der Waals surface area contributed by atoms with Gasteiger partial charge in [0.2, 0.25) is 11.8 Å². The van der Waals surface area contributed by atoms with Gasteiger partial charge in [-0.3, -0.25) is 29.3 Å². The molecule has 1 heterocycles. The monoisotopic (exact) mass is 518 g/mol. The molecule has 1 N–H and O–H groups in total. The Kier molecular flexibility index (Phi) is 8.35. The molecule has 1 aliphatic heterocycles. The number of carbonyl (C=O) groups excluding carboxylic acids is 4. The van der Waals surface area contributed by atoms with Crippen molar-refractivity contribution in [2.75, 3.05) is 31.0 Å². The maximum atomic E-state index is 13.5. The van der Waals surface area contributed by atoms with Crippen LogP contribution in [-0.2, 0) is 23.9 Å². The van der Waals surface area contributed by atoms with Crippen LogP contribution >= 0.6 is 11.6 Å². The smallest absolute Gasteiger partial charge is 0.288 e. The molecule has 4 amide bonds. The zero-order chi connectivity index (χ0) is 26.6. The molecule has 0 aliphatic carbocycles. The summed E-state index contributed by atoms with van der Waals surface area (Å²) in [6, 6.07) is 8.34. The highest BCUT2D eigenvalue weighted by molar-refractivity contribution is 6.32. The van der Waals surface area contributed by atoms with Crippen LogP contribution in [0.1, 0.15) is 23.7 Å². The van der Waals surface area contributed by atoms with Crippen LogP contribution in [0.4, 0.5) is 17.1 Å². The lowest BCUT2D eigenvalue weighted by Gasteiger charge is -2.30. The van der Waals surface area contributed by atoms with E-state index in [1.807, 2.05) is 0 Å². The first kappa shape index (κ1) is 26.7. The van der Waals surface area contributed by atoms with Gasteiger partial charge >= 0.3 is 0 Å². The van der Waals surface area contributed by atoms with Crippen LogP contribution in [0.2, 0.25) is 5.02 Å². The molecule has 1 fully saturated rings. The average molecular weight is 519 g/mol. The Labute approximate surface area is 210 Å². The molecule has 1 atom stereocenters. The van der Waals surface area contributed by atoms with E-state index < -0.39 is 40.7 Å². The van der Waals surface area contributed by atoms with Crippen molar-refractivity contribution in [3.05, 3.63) is 63.2 Å². The van der Waals surface area contributed by atoms with E-state index >= 15 is 0 Å². The average Bonchev–Trinajstić information content (AvgIpc) is 3.13. The van der Waals surface area contributed by atoms with E-state index in [9.17, 15) is 29.3 Å². The molecule has 0 saturated carbocycles. The van der Waals surface area contributed by atoms with E-state index in [1.54, 1.807) is 0 Å². The van der Waals surface area contributed by atoms with Gasteiger partial charge in [0.15, 0.2) is 6.29 Å². The topological polar surface area (TPSA) is 148 Å². The number of nitro benzene ring substituents is 1. The second kappa shape index (κ2) is 11.2. The Hall–Kier alpha value is -3.87. The first-order valence-corrected chi connectivity index (χ1v) is 11.0. The van der Waals surface area contributed by atoms with Crippen LogP contribution in [0.15, 0.2) is 42.5 Å². The second-order valence-corrected chi connectivity index (χ2v) is 8.20. The number of anilines is 2. The van der Waals surface area contributed by atoms with Gasteiger partial charge in [-0.1, -0.05) is 11.6 Å². The lowest BCUT2D eigenvalue weighted by atomic mass is 10.1. The normalized spacial score (nSPS) is 15.4. The fraction of sp³-hybridized carbons (Fsp3) is 0.304. The third-order valence-electron chi connectivity index (χ3n) is 5.47. The SMILES string of the molecule is COC(CN(C(=O)c1ccc(Cl)c([N+](=O)[O-])c1)C1CC(=O)N(c2ccc(NC(C)=O)cc2)C1=O)OC. The molecule has 0 radical (unpaired) electrons. The number of halogens is 1. The van der Waals surface area contributed by atoms with E-state index in [1.165, 1.54) is 57.5 Å². The van der Waals surface area contributed by atoms with Crippen molar-refractivity contribution in [1.82, 2.24) is 4.90 Å². The van der Waals surface area contributed by atoms with Crippen molar-refractivity contribution in [3.63, 3.8) is 0 Å². The van der Waals surface area contributed by atoms with Gasteiger partial charge < -0.3 is 19.7 Å². The molecule has 190 valence electrons. The summed E-state index contributed by atoms with van der Waals surface area (Å²) in [6.45, 7) is 1.11. The highest BCUT2D eigenvalue weighted by atomic mass is 35.5. The van der Waals surface area contributed by atoms with Gasteiger partial charge in [-0.2, -0.15) is 0 Å². The lowest BCUT2D eigenvalue weighted by Crippen LogP contribution is -2.49. The van der Waals surface area contributed by atoms with Crippen molar-refractivity contribution in [2.24, 2.45) is 0 Å². The highest BCUT2D eigenvalue weighted by Gasteiger charge is 2.45. The third kappa shape index (κ3) is 5.67. The molecule has 1 unspecified atom stereocenters. The molecule has 0 bridgehead atoms. The number of benzene rings is 2. The molecule has 0 aromatic heterocycles. The third-order valence-corrected chi connectivity index (χ3v) is 5.79. The number of nitrogens with one attached hydrogen (secondary N) is 1. The van der Waals surface area contributed by atoms with Crippen molar-refractivity contribution < 1.29 is 33.6 Å². The molecule has 1 saturated heterocycles. The van der Waals surface area contributed by atoms with Gasteiger partial charge in [0.05, 0.1) is 23.6 Å². The minimum absolute atomic E-state index is 0.101. The molecular weight excluding hydrogens is 496 g/mol. The maximum Gasteiger partial charge on any atom is 0.288 e. The Bertz CT molecular complexity index is 1200. The van der Waals surface area contributed by atoms with Crippen LogP contribution in [0.5, 0.6) is 0 Å². The molecule has 1 aliphatic rings. The van der Waals surface area contributed by atoms with Gasteiger partial charge in [0.25, 0.3) is 17.5 Å². The standard InChI is InChI=1S/C23H23ClN4O8/c1-13(29)25-15-5-7-16(8-6-15)27-20(30)11-19(23(27)32)26(12-21(35-2)36-3)22(31)14-4-9-17(24)18(10-14)28(33)34/h4-10,19,21H,11-12H2,1-3H3,(H,25,29). The second-order valence-electron chi connectivity index (χ2n) is 7.80. The number of hydrogen-bond donors (Lipinski definition) is 1. The predicted octanol–water partition coefficient (Wildman–Crippen LogP) is 2.60.